The van der Waals surface area contributed by atoms with E-state index in [9.17, 15) is 9.18 Å². The average molecular weight is 399 g/mol. The van der Waals surface area contributed by atoms with E-state index in [0.717, 1.165) is 40.2 Å². The highest BCUT2D eigenvalue weighted by Gasteiger charge is 2.22. The molecule has 1 aliphatic rings. The quantitative estimate of drug-likeness (QED) is 0.664. The second kappa shape index (κ2) is 8.18. The molecule has 0 radical (unpaired) electrons. The molecule has 1 saturated heterocycles. The number of halogens is 1. The number of hydrogen-bond acceptors (Lipinski definition) is 5. The molecule has 6 nitrogen and oxygen atoms in total. The molecule has 1 fully saturated rings. The third-order valence-corrected chi connectivity index (χ3v) is 6.02. The van der Waals surface area contributed by atoms with Crippen molar-refractivity contribution in [2.45, 2.75) is 32.5 Å². The molecule has 1 aliphatic heterocycles. The molecule has 28 heavy (non-hydrogen) atoms. The molecule has 146 valence electrons. The highest BCUT2D eigenvalue weighted by atomic mass is 32.2. The normalized spacial score (nSPS) is 16.4. The van der Waals surface area contributed by atoms with E-state index in [1.165, 1.54) is 12.1 Å². The Morgan fingerprint density at radius 2 is 2.14 bits per heavy atom. The molecule has 1 amide bonds. The Labute approximate surface area is 166 Å². The summed E-state index contributed by atoms with van der Waals surface area (Å²) < 4.78 is 14.9. The number of nitrogens with zero attached hydrogens (tertiary/aromatic N) is 3. The fraction of sp³-hybridized carbons (Fsp3) is 0.350. The summed E-state index contributed by atoms with van der Waals surface area (Å²) in [4.78, 5) is 17.4. The molecule has 8 heteroatoms. The number of hydrogen-bond donors (Lipinski definition) is 2. The van der Waals surface area contributed by atoms with Crippen LogP contribution in [-0.4, -0.2) is 38.2 Å². The van der Waals surface area contributed by atoms with Gasteiger partial charge in [-0.25, -0.2) is 14.1 Å². The summed E-state index contributed by atoms with van der Waals surface area (Å²) in [6.07, 6.45) is 4.45. The molecular formula is C20H22FN5OS. The number of aryl methyl sites for hydroxylation is 1. The number of fused-ring (bicyclic) bond motifs is 1. The summed E-state index contributed by atoms with van der Waals surface area (Å²) in [5, 5.41) is 11.7. The first-order chi connectivity index (χ1) is 13.7. The lowest BCUT2D eigenvalue weighted by molar-refractivity contribution is 0.0951. The molecule has 0 spiro atoms. The van der Waals surface area contributed by atoms with Gasteiger partial charge in [-0.1, -0.05) is 12.1 Å². The number of carbonyl (C=O) groups is 1. The van der Waals surface area contributed by atoms with E-state index in [4.69, 9.17) is 0 Å². The van der Waals surface area contributed by atoms with Gasteiger partial charge < -0.3 is 10.6 Å². The van der Waals surface area contributed by atoms with Crippen molar-refractivity contribution in [2.24, 2.45) is 0 Å². The van der Waals surface area contributed by atoms with Crippen LogP contribution in [0.15, 0.2) is 36.7 Å². The number of anilines is 1. The van der Waals surface area contributed by atoms with Crippen LogP contribution in [0.1, 0.15) is 29.3 Å². The number of pyridine rings is 1. The van der Waals surface area contributed by atoms with Gasteiger partial charge in [0, 0.05) is 31.1 Å². The Morgan fingerprint density at radius 1 is 1.32 bits per heavy atom. The minimum atomic E-state index is -0.293. The summed E-state index contributed by atoms with van der Waals surface area (Å²) in [5.41, 5.74) is 2.89. The molecular weight excluding hydrogens is 377 g/mol. The minimum absolute atomic E-state index is 0.212. The van der Waals surface area contributed by atoms with E-state index in [1.54, 1.807) is 24.5 Å². The predicted octanol–water partition coefficient (Wildman–Crippen LogP) is 3.44. The highest BCUT2D eigenvalue weighted by molar-refractivity contribution is 7.99. The number of rotatable bonds is 6. The van der Waals surface area contributed by atoms with Gasteiger partial charge in [-0.3, -0.25) is 4.79 Å². The summed E-state index contributed by atoms with van der Waals surface area (Å²) in [6.45, 7) is 3.05. The van der Waals surface area contributed by atoms with Crippen LogP contribution in [0.4, 0.5) is 10.1 Å². The van der Waals surface area contributed by atoms with Crippen LogP contribution in [0, 0.1) is 5.82 Å². The lowest BCUT2D eigenvalue weighted by Gasteiger charge is -2.17. The Balaban J connectivity index is 1.62. The molecule has 4 rings (SSSR count). The van der Waals surface area contributed by atoms with Crippen LogP contribution in [0.5, 0.6) is 0 Å². The van der Waals surface area contributed by atoms with E-state index in [1.807, 2.05) is 23.4 Å². The van der Waals surface area contributed by atoms with Gasteiger partial charge in [0.1, 0.15) is 5.82 Å². The number of carbonyl (C=O) groups excluding carboxylic acids is 1. The minimum Gasteiger partial charge on any atom is -0.380 e. The Bertz CT molecular complexity index is 982. The maximum atomic E-state index is 13.1. The van der Waals surface area contributed by atoms with E-state index in [2.05, 4.69) is 20.7 Å². The molecule has 1 unspecified atom stereocenters. The van der Waals surface area contributed by atoms with Crippen molar-refractivity contribution in [1.82, 2.24) is 20.1 Å². The standard InChI is InChI=1S/C20H22FN5OS/c1-2-26-19-16(11-24-26)18(25-15-7-8-28-12-15)17(10-22-19)20(27)23-9-13-3-5-14(21)6-4-13/h3-6,10-11,15H,2,7-9,12H2,1H3,(H,22,25)(H,23,27). The maximum absolute atomic E-state index is 13.1. The monoisotopic (exact) mass is 399 g/mol. The molecule has 2 N–H and O–H groups in total. The molecule has 2 aromatic heterocycles. The topological polar surface area (TPSA) is 71.8 Å². The number of benzene rings is 1. The van der Waals surface area contributed by atoms with Crippen molar-refractivity contribution in [3.63, 3.8) is 0 Å². The van der Waals surface area contributed by atoms with E-state index >= 15 is 0 Å². The van der Waals surface area contributed by atoms with Crippen LogP contribution in [0.25, 0.3) is 11.0 Å². The van der Waals surface area contributed by atoms with E-state index < -0.39 is 0 Å². The van der Waals surface area contributed by atoms with Crippen molar-refractivity contribution in [3.05, 3.63) is 53.6 Å². The van der Waals surface area contributed by atoms with Gasteiger partial charge in [-0.05, 0) is 36.8 Å². The van der Waals surface area contributed by atoms with Crippen LogP contribution in [0.2, 0.25) is 0 Å². The number of thioether (sulfide) groups is 1. The predicted molar refractivity (Wildman–Crippen MR) is 110 cm³/mol. The SMILES string of the molecule is CCn1ncc2c(NC3CCSC3)c(C(=O)NCc3ccc(F)cc3)cnc21. The zero-order valence-electron chi connectivity index (χ0n) is 15.6. The number of amides is 1. The fourth-order valence-electron chi connectivity index (χ4n) is 3.32. The van der Waals surface area contributed by atoms with Crippen LogP contribution >= 0.6 is 11.8 Å². The van der Waals surface area contributed by atoms with E-state index in [0.29, 0.717) is 24.7 Å². The second-order valence-corrected chi connectivity index (χ2v) is 7.91. The number of nitrogens with one attached hydrogen (secondary N) is 2. The molecule has 3 aromatic rings. The third-order valence-electron chi connectivity index (χ3n) is 4.85. The van der Waals surface area contributed by atoms with E-state index in [-0.39, 0.29) is 11.7 Å². The van der Waals surface area contributed by atoms with Crippen molar-refractivity contribution in [3.8, 4) is 0 Å². The third kappa shape index (κ3) is 3.82. The van der Waals surface area contributed by atoms with Crippen molar-refractivity contribution in [2.75, 3.05) is 16.8 Å². The van der Waals surface area contributed by atoms with Crippen LogP contribution < -0.4 is 10.6 Å². The van der Waals surface area contributed by atoms with Gasteiger partial charge in [0.05, 0.1) is 22.8 Å². The molecule has 0 bridgehead atoms. The van der Waals surface area contributed by atoms with Gasteiger partial charge in [0.2, 0.25) is 0 Å². The lowest BCUT2D eigenvalue weighted by atomic mass is 10.1. The smallest absolute Gasteiger partial charge is 0.255 e. The Kier molecular flexibility index (Phi) is 5.47. The molecule has 1 aromatic carbocycles. The summed E-state index contributed by atoms with van der Waals surface area (Å²) in [6, 6.07) is 6.43. The molecule has 0 saturated carbocycles. The summed E-state index contributed by atoms with van der Waals surface area (Å²) in [5.74, 6) is 1.63. The van der Waals surface area contributed by atoms with Crippen LogP contribution in [-0.2, 0) is 13.1 Å². The molecule has 3 heterocycles. The maximum Gasteiger partial charge on any atom is 0.255 e. The van der Waals surface area contributed by atoms with Gasteiger partial charge in [0.15, 0.2) is 5.65 Å². The molecule has 1 atom stereocenters. The van der Waals surface area contributed by atoms with Crippen molar-refractivity contribution >= 4 is 34.4 Å². The first kappa shape index (κ1) is 18.7. The fourth-order valence-corrected chi connectivity index (χ4v) is 4.47. The zero-order chi connectivity index (χ0) is 19.5. The van der Waals surface area contributed by atoms with Crippen LogP contribution in [0.3, 0.4) is 0 Å². The Hall–Kier alpha value is -2.61. The van der Waals surface area contributed by atoms with Crippen molar-refractivity contribution in [1.29, 1.82) is 0 Å². The first-order valence-electron chi connectivity index (χ1n) is 9.37. The second-order valence-electron chi connectivity index (χ2n) is 6.76. The van der Waals surface area contributed by atoms with Gasteiger partial charge >= 0.3 is 0 Å². The Morgan fingerprint density at radius 3 is 2.86 bits per heavy atom. The van der Waals surface area contributed by atoms with Gasteiger partial charge in [-0.15, -0.1) is 0 Å². The average Bonchev–Trinajstić information content (AvgIpc) is 3.37. The largest absolute Gasteiger partial charge is 0.380 e. The van der Waals surface area contributed by atoms with Gasteiger partial charge in [-0.2, -0.15) is 16.9 Å². The summed E-state index contributed by atoms with van der Waals surface area (Å²) >= 11 is 1.91. The van der Waals surface area contributed by atoms with Crippen molar-refractivity contribution < 1.29 is 9.18 Å². The highest BCUT2D eigenvalue weighted by Crippen LogP contribution is 2.29. The van der Waals surface area contributed by atoms with Gasteiger partial charge in [0.25, 0.3) is 5.91 Å². The lowest BCUT2D eigenvalue weighted by Crippen LogP contribution is -2.26. The zero-order valence-corrected chi connectivity index (χ0v) is 16.4. The first-order valence-corrected chi connectivity index (χ1v) is 10.5. The number of aromatic nitrogens is 3. The molecule has 0 aliphatic carbocycles. The summed E-state index contributed by atoms with van der Waals surface area (Å²) in [7, 11) is 0.